The van der Waals surface area contributed by atoms with E-state index >= 15 is 0 Å². The van der Waals surface area contributed by atoms with E-state index in [2.05, 4.69) is 5.32 Å². The fourth-order valence-corrected chi connectivity index (χ4v) is 2.67. The first-order chi connectivity index (χ1) is 12.2. The lowest BCUT2D eigenvalue weighted by Crippen LogP contribution is -2.46. The molecule has 0 aliphatic carbocycles. The highest BCUT2D eigenvalue weighted by Crippen LogP contribution is 2.27. The van der Waals surface area contributed by atoms with Crippen LogP contribution in [0.15, 0.2) is 27.4 Å². The van der Waals surface area contributed by atoms with Crippen LogP contribution in [0.3, 0.4) is 0 Å². The Morgan fingerprint density at radius 1 is 1.27 bits per heavy atom. The predicted molar refractivity (Wildman–Crippen MR) is 96.5 cm³/mol. The molecule has 140 valence electrons. The number of carboxylic acids is 1. The average Bonchev–Trinajstić information content (AvgIpc) is 2.56. The Morgan fingerprint density at radius 3 is 2.54 bits per heavy atom. The van der Waals surface area contributed by atoms with Gasteiger partial charge in [0.25, 0.3) is 5.91 Å². The van der Waals surface area contributed by atoms with Crippen molar-refractivity contribution in [1.82, 2.24) is 5.32 Å². The van der Waals surface area contributed by atoms with Crippen LogP contribution in [0.25, 0.3) is 11.0 Å². The monoisotopic (exact) mass is 361 g/mol. The largest absolute Gasteiger partial charge is 0.483 e. The van der Waals surface area contributed by atoms with Gasteiger partial charge >= 0.3 is 11.6 Å². The molecule has 0 aliphatic rings. The van der Waals surface area contributed by atoms with Gasteiger partial charge in [-0.05, 0) is 36.5 Å². The van der Waals surface area contributed by atoms with Crippen LogP contribution in [0.4, 0.5) is 0 Å². The summed E-state index contributed by atoms with van der Waals surface area (Å²) in [4.78, 5) is 34.8. The Morgan fingerprint density at radius 2 is 1.96 bits per heavy atom. The topological polar surface area (TPSA) is 106 Å². The molecule has 2 N–H and O–H groups in total. The number of rotatable bonds is 7. The number of carbonyl (C=O) groups excluding carboxylic acids is 1. The molecular formula is C19H23NO6. The zero-order valence-electron chi connectivity index (χ0n) is 15.3. The summed E-state index contributed by atoms with van der Waals surface area (Å²) in [5.74, 6) is -1.44. The van der Waals surface area contributed by atoms with Gasteiger partial charge in [0.15, 0.2) is 6.61 Å². The van der Waals surface area contributed by atoms with Crippen LogP contribution in [0.5, 0.6) is 5.75 Å². The normalized spacial score (nSPS) is 12.2. The van der Waals surface area contributed by atoms with E-state index < -0.39 is 23.5 Å². The minimum absolute atomic E-state index is 0.249. The molecule has 0 spiro atoms. The first-order valence-electron chi connectivity index (χ1n) is 8.45. The number of ether oxygens (including phenoxy) is 1. The van der Waals surface area contributed by atoms with Gasteiger partial charge in [0, 0.05) is 17.5 Å². The molecule has 0 bridgehead atoms. The Balaban J connectivity index is 2.21. The van der Waals surface area contributed by atoms with Crippen LogP contribution in [0, 0.1) is 12.8 Å². The molecule has 1 aromatic carbocycles. The maximum Gasteiger partial charge on any atom is 0.336 e. The molecule has 2 rings (SSSR count). The quantitative estimate of drug-likeness (QED) is 0.733. The first kappa shape index (κ1) is 19.5. The van der Waals surface area contributed by atoms with Gasteiger partial charge in [-0.25, -0.2) is 9.59 Å². The van der Waals surface area contributed by atoms with E-state index in [1.54, 1.807) is 19.9 Å². The van der Waals surface area contributed by atoms with E-state index in [1.807, 2.05) is 19.9 Å². The fourth-order valence-electron chi connectivity index (χ4n) is 2.67. The summed E-state index contributed by atoms with van der Waals surface area (Å²) in [5, 5.41) is 12.4. The lowest BCUT2D eigenvalue weighted by atomic mass is 10.0. The summed E-state index contributed by atoms with van der Waals surface area (Å²) in [6.07, 6.45) is 0.662. The molecule has 26 heavy (non-hydrogen) atoms. The molecule has 0 radical (unpaired) electrons. The van der Waals surface area contributed by atoms with Crippen molar-refractivity contribution in [3.05, 3.63) is 39.7 Å². The molecule has 0 aliphatic heterocycles. The summed E-state index contributed by atoms with van der Waals surface area (Å²) in [6, 6.07) is 3.91. The molecule has 0 saturated heterocycles. The second-order valence-corrected chi connectivity index (χ2v) is 6.47. The van der Waals surface area contributed by atoms with Crippen molar-refractivity contribution in [1.29, 1.82) is 0 Å². The number of benzene rings is 1. The lowest BCUT2D eigenvalue weighted by Gasteiger charge is -2.18. The number of fused-ring (bicyclic) bond motifs is 1. The van der Waals surface area contributed by atoms with E-state index in [0.29, 0.717) is 17.8 Å². The van der Waals surface area contributed by atoms with Crippen molar-refractivity contribution in [2.45, 2.75) is 40.2 Å². The molecule has 7 heteroatoms. The van der Waals surface area contributed by atoms with Crippen molar-refractivity contribution < 1.29 is 23.8 Å². The van der Waals surface area contributed by atoms with Crippen molar-refractivity contribution in [2.24, 2.45) is 5.92 Å². The van der Waals surface area contributed by atoms with Gasteiger partial charge in [0.2, 0.25) is 0 Å². The molecule has 0 saturated carbocycles. The van der Waals surface area contributed by atoms with Crippen LogP contribution in [-0.4, -0.2) is 29.6 Å². The number of aliphatic carboxylic acids is 1. The van der Waals surface area contributed by atoms with Gasteiger partial charge in [0.05, 0.1) is 0 Å². The Kier molecular flexibility index (Phi) is 6.02. The minimum Gasteiger partial charge on any atom is -0.483 e. The maximum atomic E-state index is 12.0. The summed E-state index contributed by atoms with van der Waals surface area (Å²) < 4.78 is 10.8. The van der Waals surface area contributed by atoms with Gasteiger partial charge in [-0.2, -0.15) is 0 Å². The molecule has 7 nitrogen and oxygen atoms in total. The number of aryl methyl sites for hydroxylation is 2. The van der Waals surface area contributed by atoms with E-state index in [4.69, 9.17) is 14.3 Å². The fraction of sp³-hybridized carbons (Fsp3) is 0.421. The summed E-state index contributed by atoms with van der Waals surface area (Å²) in [7, 11) is 0. The number of nitrogens with one attached hydrogen (secondary N) is 1. The molecule has 1 aromatic heterocycles. The lowest BCUT2D eigenvalue weighted by molar-refractivity contribution is -0.143. The molecule has 0 fully saturated rings. The van der Waals surface area contributed by atoms with Gasteiger partial charge in [-0.3, -0.25) is 4.79 Å². The number of hydrogen-bond donors (Lipinski definition) is 2. The molecule has 1 amide bonds. The highest BCUT2D eigenvalue weighted by molar-refractivity contribution is 5.85. The van der Waals surface area contributed by atoms with Gasteiger partial charge < -0.3 is 19.6 Å². The SMILES string of the molecule is CCc1cc2c(C)cc(=O)oc2cc1OCC(=O)NC(C(=O)O)C(C)C. The molecular weight excluding hydrogens is 338 g/mol. The van der Waals surface area contributed by atoms with Crippen LogP contribution < -0.4 is 15.7 Å². The zero-order chi connectivity index (χ0) is 19.4. The molecule has 1 atom stereocenters. The van der Waals surface area contributed by atoms with Crippen LogP contribution >= 0.6 is 0 Å². The minimum atomic E-state index is -1.09. The number of amides is 1. The summed E-state index contributed by atoms with van der Waals surface area (Å²) >= 11 is 0. The second-order valence-electron chi connectivity index (χ2n) is 6.47. The van der Waals surface area contributed by atoms with E-state index in [9.17, 15) is 14.4 Å². The summed E-state index contributed by atoms with van der Waals surface area (Å²) in [5.41, 5.74) is 1.59. The van der Waals surface area contributed by atoms with Crippen molar-refractivity contribution in [2.75, 3.05) is 6.61 Å². The predicted octanol–water partition coefficient (Wildman–Crippen LogP) is 2.27. The third-order valence-corrected chi connectivity index (χ3v) is 4.12. The third-order valence-electron chi connectivity index (χ3n) is 4.12. The van der Waals surface area contributed by atoms with Gasteiger partial charge in [0.1, 0.15) is 17.4 Å². The maximum absolute atomic E-state index is 12.0. The highest BCUT2D eigenvalue weighted by atomic mass is 16.5. The molecule has 2 aromatic rings. The Hall–Kier alpha value is -2.83. The number of carboxylic acid groups (broad SMARTS) is 1. The molecule has 1 unspecified atom stereocenters. The highest BCUT2D eigenvalue weighted by Gasteiger charge is 2.23. The second kappa shape index (κ2) is 8.03. The number of hydrogen-bond acceptors (Lipinski definition) is 5. The smallest absolute Gasteiger partial charge is 0.336 e. The number of carbonyl (C=O) groups is 2. The molecule has 1 heterocycles. The average molecular weight is 361 g/mol. The standard InChI is InChI=1S/C19H23NO6/c1-5-12-7-13-11(4)6-17(22)26-15(13)8-14(12)25-9-16(21)20-18(10(2)3)19(23)24/h6-8,10,18H,5,9H2,1-4H3,(H,20,21)(H,23,24). The zero-order valence-corrected chi connectivity index (χ0v) is 15.3. The van der Waals surface area contributed by atoms with Crippen LogP contribution in [-0.2, 0) is 16.0 Å². The first-order valence-corrected chi connectivity index (χ1v) is 8.45. The Bertz CT molecular complexity index is 883. The van der Waals surface area contributed by atoms with Crippen LogP contribution in [0.1, 0.15) is 31.9 Å². The van der Waals surface area contributed by atoms with E-state index in [-0.39, 0.29) is 12.5 Å². The van der Waals surface area contributed by atoms with Crippen molar-refractivity contribution in [3.8, 4) is 5.75 Å². The van der Waals surface area contributed by atoms with Crippen molar-refractivity contribution >= 4 is 22.8 Å². The van der Waals surface area contributed by atoms with Gasteiger partial charge in [-0.1, -0.05) is 20.8 Å². The van der Waals surface area contributed by atoms with Crippen molar-refractivity contribution in [3.63, 3.8) is 0 Å². The summed E-state index contributed by atoms with van der Waals surface area (Å²) in [6.45, 7) is 6.86. The van der Waals surface area contributed by atoms with Gasteiger partial charge in [-0.15, -0.1) is 0 Å². The van der Waals surface area contributed by atoms with Crippen LogP contribution in [0.2, 0.25) is 0 Å². The van der Waals surface area contributed by atoms with E-state index in [0.717, 1.165) is 16.5 Å². The Labute approximate surface area is 151 Å². The van der Waals surface area contributed by atoms with E-state index in [1.165, 1.54) is 6.07 Å². The third kappa shape index (κ3) is 4.41.